The molecule has 0 unspecified atom stereocenters. The largest absolute Gasteiger partial charge is 0.368 e. The van der Waals surface area contributed by atoms with E-state index in [9.17, 15) is 13.6 Å². The van der Waals surface area contributed by atoms with Gasteiger partial charge in [0.25, 0.3) is 0 Å². The Balaban J connectivity index is 2.23. The van der Waals surface area contributed by atoms with Crippen LogP contribution < -0.4 is 11.1 Å². The highest BCUT2D eigenvalue weighted by Gasteiger charge is 2.21. The van der Waals surface area contributed by atoms with Crippen LogP contribution in [0.25, 0.3) is 0 Å². The second kappa shape index (κ2) is 6.45. The Morgan fingerprint density at radius 1 is 1.14 bits per heavy atom. The number of hydrogen-bond acceptors (Lipinski definition) is 2. The Labute approximate surface area is 121 Å². The molecule has 0 spiro atoms. The van der Waals surface area contributed by atoms with Crippen molar-refractivity contribution in [2.75, 3.05) is 0 Å². The summed E-state index contributed by atoms with van der Waals surface area (Å²) in [5, 5.41) is 2.97. The molecular formula is C16H16F2N2O. The summed E-state index contributed by atoms with van der Waals surface area (Å²) in [6.07, 6.45) is 0. The van der Waals surface area contributed by atoms with Crippen molar-refractivity contribution in [3.05, 3.63) is 71.3 Å². The first-order valence-corrected chi connectivity index (χ1v) is 6.54. The minimum Gasteiger partial charge on any atom is -0.368 e. The molecule has 2 atom stereocenters. The van der Waals surface area contributed by atoms with E-state index in [0.29, 0.717) is 5.56 Å². The zero-order chi connectivity index (χ0) is 15.4. The molecule has 0 aliphatic rings. The molecular weight excluding hydrogens is 274 g/mol. The molecule has 5 heteroatoms. The van der Waals surface area contributed by atoms with Gasteiger partial charge in [-0.05, 0) is 18.6 Å². The number of nitrogens with two attached hydrogens (primary N) is 1. The average Bonchev–Trinajstić information content (AvgIpc) is 2.45. The van der Waals surface area contributed by atoms with Crippen molar-refractivity contribution in [2.45, 2.75) is 19.0 Å². The van der Waals surface area contributed by atoms with Gasteiger partial charge in [0.15, 0.2) is 0 Å². The molecule has 0 aliphatic carbocycles. The molecule has 0 fully saturated rings. The van der Waals surface area contributed by atoms with Crippen molar-refractivity contribution in [1.82, 2.24) is 5.32 Å². The second-order valence-electron chi connectivity index (χ2n) is 4.80. The Bertz CT molecular complexity index is 631. The number of amides is 1. The van der Waals surface area contributed by atoms with Gasteiger partial charge in [0.2, 0.25) is 5.91 Å². The van der Waals surface area contributed by atoms with Crippen LogP contribution in [0.15, 0.2) is 48.5 Å². The lowest BCUT2D eigenvalue weighted by Gasteiger charge is -2.22. The molecule has 3 nitrogen and oxygen atoms in total. The van der Waals surface area contributed by atoms with Gasteiger partial charge in [0.1, 0.15) is 17.7 Å². The summed E-state index contributed by atoms with van der Waals surface area (Å²) in [6.45, 7) is 1.69. The molecule has 0 saturated heterocycles. The third-order valence-corrected chi connectivity index (χ3v) is 3.26. The fourth-order valence-electron chi connectivity index (χ4n) is 2.18. The predicted molar refractivity (Wildman–Crippen MR) is 76.3 cm³/mol. The van der Waals surface area contributed by atoms with Crippen molar-refractivity contribution < 1.29 is 13.6 Å². The molecule has 0 saturated carbocycles. The Morgan fingerprint density at radius 3 is 2.38 bits per heavy atom. The van der Waals surface area contributed by atoms with E-state index in [4.69, 9.17) is 5.73 Å². The molecule has 0 aliphatic heterocycles. The molecule has 2 aromatic carbocycles. The monoisotopic (exact) mass is 290 g/mol. The van der Waals surface area contributed by atoms with Crippen LogP contribution in [-0.2, 0) is 4.79 Å². The molecule has 21 heavy (non-hydrogen) atoms. The second-order valence-corrected chi connectivity index (χ2v) is 4.80. The van der Waals surface area contributed by atoms with E-state index >= 15 is 0 Å². The van der Waals surface area contributed by atoms with E-state index in [2.05, 4.69) is 5.32 Å². The lowest BCUT2D eigenvalue weighted by Crippen LogP contribution is -2.35. The molecule has 2 aromatic rings. The minimum atomic E-state index is -0.745. The van der Waals surface area contributed by atoms with E-state index in [1.54, 1.807) is 31.2 Å². The first-order valence-electron chi connectivity index (χ1n) is 6.54. The van der Waals surface area contributed by atoms with E-state index < -0.39 is 29.6 Å². The van der Waals surface area contributed by atoms with Crippen LogP contribution in [0.2, 0.25) is 0 Å². The molecule has 110 valence electrons. The summed E-state index contributed by atoms with van der Waals surface area (Å²) in [7, 11) is 0. The molecule has 1 amide bonds. The molecule has 0 heterocycles. The number of nitrogens with one attached hydrogen (secondary N) is 1. The van der Waals surface area contributed by atoms with Crippen LogP contribution in [0.3, 0.4) is 0 Å². The Hall–Kier alpha value is -2.27. The van der Waals surface area contributed by atoms with Crippen molar-refractivity contribution in [3.8, 4) is 0 Å². The van der Waals surface area contributed by atoms with Crippen LogP contribution in [0.1, 0.15) is 30.1 Å². The number of carbonyl (C=O) groups excluding carboxylic acids is 1. The van der Waals surface area contributed by atoms with Crippen molar-refractivity contribution in [2.24, 2.45) is 5.73 Å². The number of benzene rings is 2. The highest BCUT2D eigenvalue weighted by atomic mass is 19.1. The van der Waals surface area contributed by atoms with Gasteiger partial charge in [-0.1, -0.05) is 36.4 Å². The van der Waals surface area contributed by atoms with Gasteiger partial charge in [0.05, 0.1) is 0 Å². The smallest absolute Gasteiger partial charge is 0.239 e. The highest BCUT2D eigenvalue weighted by Crippen LogP contribution is 2.22. The zero-order valence-electron chi connectivity index (χ0n) is 11.5. The van der Waals surface area contributed by atoms with E-state index in [0.717, 1.165) is 6.07 Å². The number of primary amides is 1. The summed E-state index contributed by atoms with van der Waals surface area (Å²) in [6, 6.07) is 11.0. The molecule has 2 rings (SSSR count). The molecule has 3 N–H and O–H groups in total. The van der Waals surface area contributed by atoms with E-state index in [1.807, 2.05) is 6.07 Å². The van der Waals surface area contributed by atoms with E-state index in [1.165, 1.54) is 12.1 Å². The molecule has 0 bridgehead atoms. The topological polar surface area (TPSA) is 55.1 Å². The third-order valence-electron chi connectivity index (χ3n) is 3.26. The number of carbonyl (C=O) groups is 1. The maximum Gasteiger partial charge on any atom is 0.239 e. The predicted octanol–water partition coefficient (Wildman–Crippen LogP) is 2.84. The molecule has 0 aromatic heterocycles. The average molecular weight is 290 g/mol. The first-order chi connectivity index (χ1) is 9.99. The van der Waals surface area contributed by atoms with Gasteiger partial charge >= 0.3 is 0 Å². The minimum absolute atomic E-state index is 0.276. The van der Waals surface area contributed by atoms with Crippen molar-refractivity contribution in [1.29, 1.82) is 0 Å². The lowest BCUT2D eigenvalue weighted by molar-refractivity contribution is -0.120. The van der Waals surface area contributed by atoms with Gasteiger partial charge < -0.3 is 5.73 Å². The maximum absolute atomic E-state index is 13.8. The summed E-state index contributed by atoms with van der Waals surface area (Å²) in [5.41, 5.74) is 6.37. The normalized spacial score (nSPS) is 13.7. The van der Waals surface area contributed by atoms with Crippen LogP contribution >= 0.6 is 0 Å². The van der Waals surface area contributed by atoms with Crippen LogP contribution in [0.5, 0.6) is 0 Å². The summed E-state index contributed by atoms with van der Waals surface area (Å²) in [4.78, 5) is 11.6. The molecule has 0 radical (unpaired) electrons. The van der Waals surface area contributed by atoms with Gasteiger partial charge in [-0.15, -0.1) is 0 Å². The van der Waals surface area contributed by atoms with E-state index in [-0.39, 0.29) is 5.56 Å². The lowest BCUT2D eigenvalue weighted by atomic mass is 10.0. The summed E-state index contributed by atoms with van der Waals surface area (Å²) in [5.74, 6) is -1.86. The highest BCUT2D eigenvalue weighted by molar-refractivity contribution is 5.81. The zero-order valence-corrected chi connectivity index (χ0v) is 11.5. The van der Waals surface area contributed by atoms with Gasteiger partial charge in [0, 0.05) is 17.7 Å². The first kappa shape index (κ1) is 15.1. The SMILES string of the molecule is C[C@@H](N[C@@H](C(N)=O)c1ccccc1)c1ccc(F)cc1F. The van der Waals surface area contributed by atoms with Crippen molar-refractivity contribution >= 4 is 5.91 Å². The van der Waals surface area contributed by atoms with Gasteiger partial charge in [-0.3, -0.25) is 10.1 Å². The number of rotatable bonds is 5. The fourth-order valence-corrected chi connectivity index (χ4v) is 2.18. The Kier molecular flexibility index (Phi) is 4.65. The summed E-state index contributed by atoms with van der Waals surface area (Å²) >= 11 is 0. The maximum atomic E-state index is 13.8. The third kappa shape index (κ3) is 3.64. The van der Waals surface area contributed by atoms with Crippen LogP contribution in [0, 0.1) is 11.6 Å². The fraction of sp³-hybridized carbons (Fsp3) is 0.188. The van der Waals surface area contributed by atoms with Gasteiger partial charge in [-0.2, -0.15) is 0 Å². The van der Waals surface area contributed by atoms with Crippen molar-refractivity contribution in [3.63, 3.8) is 0 Å². The Morgan fingerprint density at radius 2 is 1.81 bits per heavy atom. The number of hydrogen-bond donors (Lipinski definition) is 2. The van der Waals surface area contributed by atoms with Gasteiger partial charge in [-0.25, -0.2) is 8.78 Å². The number of halogens is 2. The van der Waals surface area contributed by atoms with Crippen LogP contribution in [-0.4, -0.2) is 5.91 Å². The van der Waals surface area contributed by atoms with Crippen LogP contribution in [0.4, 0.5) is 8.78 Å². The quantitative estimate of drug-likeness (QED) is 0.889. The summed E-state index contributed by atoms with van der Waals surface area (Å²) < 4.78 is 26.7. The standard InChI is InChI=1S/C16H16F2N2O/c1-10(13-8-7-12(17)9-14(13)18)20-15(16(19)21)11-5-3-2-4-6-11/h2-10,15,20H,1H3,(H2,19,21)/t10-,15-/m1/s1.